The molecule has 4 heteroatoms. The molecule has 0 atom stereocenters. The topological polar surface area (TPSA) is 12.9 Å². The highest BCUT2D eigenvalue weighted by molar-refractivity contribution is 7.28. The van der Waals surface area contributed by atoms with Crippen LogP contribution in [0.2, 0.25) is 5.15 Å². The zero-order valence-corrected chi connectivity index (χ0v) is 11.0. The average Bonchev–Trinajstić information content (AvgIpc) is 2.91. The minimum absolute atomic E-state index is 0.604. The quantitative estimate of drug-likeness (QED) is 0.396. The Bertz CT molecular complexity index is 860. The zero-order valence-electron chi connectivity index (χ0n) is 8.61. The van der Waals surface area contributed by atoms with E-state index in [4.69, 9.17) is 11.6 Å². The van der Waals surface area contributed by atoms with Crippen LogP contribution >= 0.6 is 34.3 Å². The second kappa shape index (κ2) is 3.42. The van der Waals surface area contributed by atoms with Crippen LogP contribution in [0.1, 0.15) is 0 Å². The number of thiophene rings is 2. The number of aromatic nitrogens is 1. The van der Waals surface area contributed by atoms with Crippen LogP contribution in [-0.2, 0) is 0 Å². The molecule has 4 aromatic rings. The third-order valence-electron chi connectivity index (χ3n) is 2.94. The molecule has 0 amide bonds. The van der Waals surface area contributed by atoms with Crippen molar-refractivity contribution in [2.24, 2.45) is 0 Å². The van der Waals surface area contributed by atoms with E-state index < -0.39 is 0 Å². The summed E-state index contributed by atoms with van der Waals surface area (Å²) in [6.07, 6.45) is 1.77. The zero-order chi connectivity index (χ0) is 11.4. The number of benzene rings is 1. The lowest BCUT2D eigenvalue weighted by molar-refractivity contribution is 1.37. The molecule has 1 nitrogen and oxygen atoms in total. The van der Waals surface area contributed by atoms with E-state index in [9.17, 15) is 0 Å². The van der Waals surface area contributed by atoms with Gasteiger partial charge in [-0.05, 0) is 23.6 Å². The summed E-state index contributed by atoms with van der Waals surface area (Å²) in [5.74, 6) is 0. The van der Waals surface area contributed by atoms with E-state index in [-0.39, 0.29) is 0 Å². The van der Waals surface area contributed by atoms with Crippen molar-refractivity contribution in [1.82, 2.24) is 4.98 Å². The molecule has 0 radical (unpaired) electrons. The van der Waals surface area contributed by atoms with Crippen LogP contribution in [0.25, 0.3) is 30.3 Å². The van der Waals surface area contributed by atoms with E-state index in [2.05, 4.69) is 28.6 Å². The molecule has 3 aromatic heterocycles. The first kappa shape index (κ1) is 9.83. The molecule has 0 saturated carbocycles. The summed E-state index contributed by atoms with van der Waals surface area (Å²) in [4.78, 5) is 4.15. The maximum Gasteiger partial charge on any atom is 0.146 e. The number of pyridine rings is 1. The molecule has 0 N–H and O–H groups in total. The number of fused-ring (bicyclic) bond motifs is 5. The van der Waals surface area contributed by atoms with E-state index in [1.165, 1.54) is 25.6 Å². The molecule has 0 bridgehead atoms. The predicted molar refractivity (Wildman–Crippen MR) is 77.5 cm³/mol. The summed E-state index contributed by atoms with van der Waals surface area (Å²) in [5.41, 5.74) is 0. The van der Waals surface area contributed by atoms with Crippen LogP contribution in [0.5, 0.6) is 0 Å². The van der Waals surface area contributed by atoms with Gasteiger partial charge in [0.25, 0.3) is 0 Å². The normalized spacial score (nSPS) is 11.8. The van der Waals surface area contributed by atoms with Crippen LogP contribution in [0.15, 0.2) is 35.8 Å². The fraction of sp³-hybridized carbons (Fsp3) is 0. The Balaban J connectivity index is 2.36. The largest absolute Gasteiger partial charge is 0.243 e. The monoisotopic (exact) mass is 275 g/mol. The van der Waals surface area contributed by atoms with Gasteiger partial charge in [0.15, 0.2) is 0 Å². The molecule has 0 fully saturated rings. The van der Waals surface area contributed by atoms with Crippen LogP contribution in [-0.4, -0.2) is 4.98 Å². The highest BCUT2D eigenvalue weighted by atomic mass is 35.5. The van der Waals surface area contributed by atoms with Crippen molar-refractivity contribution in [3.63, 3.8) is 0 Å². The first-order chi connectivity index (χ1) is 8.34. The van der Waals surface area contributed by atoms with Gasteiger partial charge in [0, 0.05) is 31.8 Å². The lowest BCUT2D eigenvalue weighted by Crippen LogP contribution is -1.72. The molecule has 82 valence electrons. The fourth-order valence-electron chi connectivity index (χ4n) is 2.17. The van der Waals surface area contributed by atoms with Gasteiger partial charge in [0.1, 0.15) is 5.15 Å². The Hall–Kier alpha value is -1.16. The van der Waals surface area contributed by atoms with Gasteiger partial charge in [-0.1, -0.05) is 17.7 Å². The van der Waals surface area contributed by atoms with Gasteiger partial charge >= 0.3 is 0 Å². The summed E-state index contributed by atoms with van der Waals surface area (Å²) in [5, 5.41) is 6.55. The van der Waals surface area contributed by atoms with Crippen LogP contribution < -0.4 is 0 Å². The number of halogens is 1. The smallest absolute Gasteiger partial charge is 0.146 e. The minimum Gasteiger partial charge on any atom is -0.243 e. The Morgan fingerprint density at radius 3 is 2.76 bits per heavy atom. The summed E-state index contributed by atoms with van der Waals surface area (Å²) in [6.45, 7) is 0. The van der Waals surface area contributed by atoms with E-state index in [0.29, 0.717) is 5.15 Å². The second-order valence-corrected chi connectivity index (χ2v) is 6.18. The van der Waals surface area contributed by atoms with Crippen LogP contribution in [0, 0.1) is 0 Å². The van der Waals surface area contributed by atoms with Gasteiger partial charge in [-0.15, -0.1) is 22.7 Å². The van der Waals surface area contributed by atoms with Crippen molar-refractivity contribution >= 4 is 64.5 Å². The van der Waals surface area contributed by atoms with Crippen molar-refractivity contribution in [3.05, 3.63) is 41.0 Å². The second-order valence-electron chi connectivity index (χ2n) is 3.86. The lowest BCUT2D eigenvalue weighted by Gasteiger charge is -1.93. The molecule has 4 rings (SSSR count). The molecule has 0 aliphatic carbocycles. The first-order valence-electron chi connectivity index (χ1n) is 5.17. The van der Waals surface area contributed by atoms with Crippen molar-refractivity contribution in [2.45, 2.75) is 0 Å². The van der Waals surface area contributed by atoms with Crippen molar-refractivity contribution in [3.8, 4) is 0 Å². The summed E-state index contributed by atoms with van der Waals surface area (Å²) in [6, 6.07) is 8.59. The molecule has 3 heterocycles. The van der Waals surface area contributed by atoms with Gasteiger partial charge in [-0.25, -0.2) is 4.98 Å². The molecule has 1 aromatic carbocycles. The average molecular weight is 276 g/mol. The molecule has 0 spiro atoms. The summed E-state index contributed by atoms with van der Waals surface area (Å²) in [7, 11) is 0. The van der Waals surface area contributed by atoms with Gasteiger partial charge < -0.3 is 0 Å². The Kier molecular flexibility index (Phi) is 1.98. The Morgan fingerprint density at radius 2 is 1.82 bits per heavy atom. The van der Waals surface area contributed by atoms with Gasteiger partial charge in [0.05, 0.1) is 4.70 Å². The molecule has 0 aliphatic rings. The van der Waals surface area contributed by atoms with E-state index >= 15 is 0 Å². The maximum absolute atomic E-state index is 6.16. The number of nitrogens with zero attached hydrogens (tertiary/aromatic N) is 1. The number of hydrogen-bond donors (Lipinski definition) is 0. The van der Waals surface area contributed by atoms with Gasteiger partial charge in [-0.3, -0.25) is 0 Å². The molecule has 0 aliphatic heterocycles. The minimum atomic E-state index is 0.604. The van der Waals surface area contributed by atoms with E-state index in [0.717, 1.165) is 4.70 Å². The standard InChI is InChI=1S/C13H6ClNS2/c14-13-12-8(3-5-15-13)7-1-2-10-9(4-6-16-10)11(7)17-12/h1-6H. The third-order valence-corrected chi connectivity index (χ3v) is 5.48. The van der Waals surface area contributed by atoms with Crippen molar-refractivity contribution in [1.29, 1.82) is 0 Å². The fourth-order valence-corrected chi connectivity index (χ4v) is 4.51. The third kappa shape index (κ3) is 1.27. The van der Waals surface area contributed by atoms with Crippen molar-refractivity contribution in [2.75, 3.05) is 0 Å². The molecule has 17 heavy (non-hydrogen) atoms. The van der Waals surface area contributed by atoms with E-state index in [1.807, 2.05) is 6.07 Å². The molecule has 0 saturated heterocycles. The van der Waals surface area contributed by atoms with Crippen LogP contribution in [0.4, 0.5) is 0 Å². The maximum atomic E-state index is 6.16. The molecular weight excluding hydrogens is 270 g/mol. The van der Waals surface area contributed by atoms with Gasteiger partial charge in [0.2, 0.25) is 0 Å². The van der Waals surface area contributed by atoms with E-state index in [1.54, 1.807) is 28.9 Å². The molecular formula is C13H6ClNS2. The SMILES string of the molecule is Clc1nccc2c1sc1c3ccsc3ccc21. The van der Waals surface area contributed by atoms with Crippen LogP contribution in [0.3, 0.4) is 0 Å². The predicted octanol–water partition coefficient (Wildman–Crippen LogP) is 5.32. The summed E-state index contributed by atoms with van der Waals surface area (Å²) < 4.78 is 3.73. The first-order valence-corrected chi connectivity index (χ1v) is 7.25. The highest BCUT2D eigenvalue weighted by Gasteiger charge is 2.11. The highest BCUT2D eigenvalue weighted by Crippen LogP contribution is 2.41. The Morgan fingerprint density at radius 1 is 0.941 bits per heavy atom. The molecule has 0 unspecified atom stereocenters. The van der Waals surface area contributed by atoms with Gasteiger partial charge in [-0.2, -0.15) is 0 Å². The summed E-state index contributed by atoms with van der Waals surface area (Å²) >= 11 is 9.66. The number of rotatable bonds is 0. The number of hydrogen-bond acceptors (Lipinski definition) is 3. The van der Waals surface area contributed by atoms with Crippen molar-refractivity contribution < 1.29 is 0 Å². The Labute approximate surface area is 110 Å². The lowest BCUT2D eigenvalue weighted by atomic mass is 10.1.